The number of H-pyrrole nitrogens is 1. The van der Waals surface area contributed by atoms with E-state index in [0.717, 1.165) is 59.4 Å². The van der Waals surface area contributed by atoms with Crippen LogP contribution in [0.25, 0.3) is 22.2 Å². The molecule has 4 rings (SSSR count). The van der Waals surface area contributed by atoms with E-state index in [0.29, 0.717) is 19.6 Å². The third kappa shape index (κ3) is 5.44. The number of nitrogens with zero attached hydrogens (tertiary/aromatic N) is 1. The Hall–Kier alpha value is -2.42. The molecule has 0 spiro atoms. The van der Waals surface area contributed by atoms with Gasteiger partial charge in [0.15, 0.2) is 0 Å². The maximum Gasteiger partial charge on any atom is 0.208 e. The van der Waals surface area contributed by atoms with Crippen molar-refractivity contribution in [3.8, 4) is 16.9 Å². The fourth-order valence-corrected chi connectivity index (χ4v) is 4.55. The summed E-state index contributed by atoms with van der Waals surface area (Å²) in [6.07, 6.45) is 7.74. The van der Waals surface area contributed by atoms with E-state index >= 15 is 0 Å². The average molecular weight is 443 g/mol. The Morgan fingerprint density at radius 3 is 2.81 bits per heavy atom. The van der Waals surface area contributed by atoms with E-state index in [1.807, 2.05) is 24.4 Å². The second-order valence-corrected chi connectivity index (χ2v) is 10.5. The second-order valence-electron chi connectivity index (χ2n) is 8.70. The largest absolute Gasteiger partial charge is 0.492 e. The topological polar surface area (TPSA) is 96.1 Å². The number of fused-ring (bicyclic) bond motifs is 1. The molecule has 7 nitrogen and oxygen atoms in total. The number of rotatable bonds is 8. The summed E-state index contributed by atoms with van der Waals surface area (Å²) in [5.74, 6) is 0.838. The highest BCUT2D eigenvalue weighted by molar-refractivity contribution is 7.88. The zero-order valence-electron chi connectivity index (χ0n) is 18.1. The molecule has 0 aliphatic carbocycles. The summed E-state index contributed by atoms with van der Waals surface area (Å²) in [6.45, 7) is 5.40. The molecule has 1 fully saturated rings. The Bertz CT molecular complexity index is 1150. The number of ether oxygens (including phenoxy) is 1. The van der Waals surface area contributed by atoms with Crippen LogP contribution in [0.3, 0.4) is 0 Å². The molecule has 3 aromatic rings. The summed E-state index contributed by atoms with van der Waals surface area (Å²) in [5.41, 5.74) is 4.12. The highest BCUT2D eigenvalue weighted by Crippen LogP contribution is 2.36. The molecule has 0 unspecified atom stereocenters. The number of piperidine rings is 1. The van der Waals surface area contributed by atoms with Crippen LogP contribution >= 0.6 is 0 Å². The number of nitrogens with one attached hydrogen (secondary N) is 3. The molecule has 1 aliphatic rings. The van der Waals surface area contributed by atoms with Crippen LogP contribution < -0.4 is 14.8 Å². The zero-order valence-corrected chi connectivity index (χ0v) is 18.9. The molecule has 1 aromatic carbocycles. The van der Waals surface area contributed by atoms with Crippen molar-refractivity contribution in [1.82, 2.24) is 20.0 Å². The van der Waals surface area contributed by atoms with Crippen molar-refractivity contribution < 1.29 is 13.2 Å². The fourth-order valence-electron chi connectivity index (χ4n) is 4.08. The summed E-state index contributed by atoms with van der Waals surface area (Å²) in [4.78, 5) is 7.74. The zero-order chi connectivity index (χ0) is 21.9. The number of sulfonamides is 1. The van der Waals surface area contributed by atoms with Crippen LogP contribution in [0.4, 0.5) is 0 Å². The van der Waals surface area contributed by atoms with E-state index < -0.39 is 10.0 Å². The summed E-state index contributed by atoms with van der Waals surface area (Å²) in [5, 5.41) is 4.39. The Labute approximate surface area is 183 Å². The van der Waals surface area contributed by atoms with Crippen molar-refractivity contribution in [3.63, 3.8) is 0 Å². The minimum atomic E-state index is -3.19. The maximum atomic E-state index is 11.3. The number of hydrogen-bond donors (Lipinski definition) is 3. The Morgan fingerprint density at radius 2 is 2.03 bits per heavy atom. The molecule has 0 saturated carbocycles. The first-order chi connectivity index (χ1) is 14.8. The summed E-state index contributed by atoms with van der Waals surface area (Å²) < 4.78 is 31.5. The molecule has 1 aliphatic heterocycles. The third-order valence-electron chi connectivity index (χ3n) is 5.94. The van der Waals surface area contributed by atoms with Crippen LogP contribution in [0.1, 0.15) is 25.3 Å². The van der Waals surface area contributed by atoms with Crippen molar-refractivity contribution in [2.75, 3.05) is 32.5 Å². The van der Waals surface area contributed by atoms with Gasteiger partial charge in [-0.05, 0) is 49.5 Å². The lowest BCUT2D eigenvalue weighted by molar-refractivity contribution is 0.124. The van der Waals surface area contributed by atoms with Crippen LogP contribution in [0.15, 0.2) is 42.7 Å². The van der Waals surface area contributed by atoms with Gasteiger partial charge >= 0.3 is 0 Å². The second kappa shape index (κ2) is 8.98. The van der Waals surface area contributed by atoms with Gasteiger partial charge in [-0.2, -0.15) is 0 Å². The van der Waals surface area contributed by atoms with Gasteiger partial charge in [0, 0.05) is 29.9 Å². The molecular weight excluding hydrogens is 412 g/mol. The number of hydrogen-bond acceptors (Lipinski definition) is 5. The number of aromatic amines is 1. The molecule has 31 heavy (non-hydrogen) atoms. The molecule has 0 radical (unpaired) electrons. The lowest BCUT2D eigenvalue weighted by Crippen LogP contribution is -2.38. The van der Waals surface area contributed by atoms with Crippen molar-refractivity contribution in [1.29, 1.82) is 0 Å². The SMILES string of the molecule is CC1(COc2ccnc3[nH]cc(-c4cccc(CCNS(C)(=O)=O)c4)c23)CCNCC1. The van der Waals surface area contributed by atoms with E-state index in [4.69, 9.17) is 4.74 Å². The Balaban J connectivity index is 1.58. The fraction of sp³-hybridized carbons (Fsp3) is 0.435. The Kier molecular flexibility index (Phi) is 6.31. The summed E-state index contributed by atoms with van der Waals surface area (Å²) >= 11 is 0. The number of benzene rings is 1. The van der Waals surface area contributed by atoms with Gasteiger partial charge in [0.1, 0.15) is 11.4 Å². The van der Waals surface area contributed by atoms with Crippen molar-refractivity contribution in [2.45, 2.75) is 26.2 Å². The van der Waals surface area contributed by atoms with Crippen LogP contribution in [0, 0.1) is 5.41 Å². The smallest absolute Gasteiger partial charge is 0.208 e. The molecule has 3 heterocycles. The van der Waals surface area contributed by atoms with Gasteiger partial charge in [-0.3, -0.25) is 0 Å². The standard InChI is InChI=1S/C23H30N4O3S/c1-23(8-12-24-13-9-23)16-30-20-7-10-25-22-21(20)19(15-26-22)18-5-3-4-17(14-18)6-11-27-31(2,28)29/h3-5,7,10,14-15,24,27H,6,8-9,11-13,16H2,1-2H3,(H,25,26). The number of pyridine rings is 1. The minimum absolute atomic E-state index is 0.170. The van der Waals surface area contributed by atoms with Crippen LogP contribution in [0.5, 0.6) is 5.75 Å². The first-order valence-electron chi connectivity index (χ1n) is 10.7. The average Bonchev–Trinajstić information content (AvgIpc) is 3.17. The lowest BCUT2D eigenvalue weighted by Gasteiger charge is -2.33. The summed E-state index contributed by atoms with van der Waals surface area (Å²) in [7, 11) is -3.19. The lowest BCUT2D eigenvalue weighted by atomic mass is 9.82. The predicted molar refractivity (Wildman–Crippen MR) is 124 cm³/mol. The maximum absolute atomic E-state index is 11.3. The molecule has 1 saturated heterocycles. The third-order valence-corrected chi connectivity index (χ3v) is 6.67. The monoisotopic (exact) mass is 442 g/mol. The first kappa shape index (κ1) is 21.8. The molecule has 0 amide bonds. The van der Waals surface area contributed by atoms with Gasteiger partial charge in [-0.1, -0.05) is 31.2 Å². The van der Waals surface area contributed by atoms with Gasteiger partial charge < -0.3 is 15.0 Å². The van der Waals surface area contributed by atoms with Crippen LogP contribution in [-0.2, 0) is 16.4 Å². The van der Waals surface area contributed by atoms with E-state index in [-0.39, 0.29) is 5.41 Å². The van der Waals surface area contributed by atoms with Gasteiger partial charge in [-0.15, -0.1) is 0 Å². The highest BCUT2D eigenvalue weighted by Gasteiger charge is 2.28. The molecule has 8 heteroatoms. The van der Waals surface area contributed by atoms with Crippen molar-refractivity contribution >= 4 is 21.1 Å². The minimum Gasteiger partial charge on any atom is -0.492 e. The number of aromatic nitrogens is 2. The highest BCUT2D eigenvalue weighted by atomic mass is 32.2. The van der Waals surface area contributed by atoms with Crippen molar-refractivity contribution in [2.24, 2.45) is 5.41 Å². The van der Waals surface area contributed by atoms with Gasteiger partial charge in [0.25, 0.3) is 0 Å². The molecule has 166 valence electrons. The van der Waals surface area contributed by atoms with Gasteiger partial charge in [0.05, 0.1) is 18.2 Å². The predicted octanol–water partition coefficient (Wildman–Crippen LogP) is 3.09. The molecule has 3 N–H and O–H groups in total. The van der Waals surface area contributed by atoms with Crippen LogP contribution in [-0.4, -0.2) is 50.9 Å². The summed E-state index contributed by atoms with van der Waals surface area (Å²) in [6, 6.07) is 10.1. The van der Waals surface area contributed by atoms with Gasteiger partial charge in [-0.25, -0.2) is 18.1 Å². The quantitative estimate of drug-likeness (QED) is 0.498. The van der Waals surface area contributed by atoms with E-state index in [1.54, 1.807) is 6.20 Å². The normalized spacial score (nSPS) is 16.5. The van der Waals surface area contributed by atoms with E-state index in [1.165, 1.54) is 6.26 Å². The Morgan fingerprint density at radius 1 is 1.23 bits per heavy atom. The molecule has 0 bridgehead atoms. The van der Waals surface area contributed by atoms with Crippen LogP contribution in [0.2, 0.25) is 0 Å². The first-order valence-corrected chi connectivity index (χ1v) is 12.6. The van der Waals surface area contributed by atoms with Crippen molar-refractivity contribution in [3.05, 3.63) is 48.3 Å². The van der Waals surface area contributed by atoms with E-state index in [9.17, 15) is 8.42 Å². The molecule has 2 aromatic heterocycles. The van der Waals surface area contributed by atoms with Gasteiger partial charge in [0.2, 0.25) is 10.0 Å². The molecule has 0 atom stereocenters. The molecular formula is C23H30N4O3S. The van der Waals surface area contributed by atoms with E-state index in [2.05, 4.69) is 39.1 Å².